The summed E-state index contributed by atoms with van der Waals surface area (Å²) in [6.07, 6.45) is 0.890. The van der Waals surface area contributed by atoms with Crippen molar-refractivity contribution in [3.8, 4) is 5.75 Å². The Kier molecular flexibility index (Phi) is 6.17. The van der Waals surface area contributed by atoms with Crippen LogP contribution < -0.4 is 10.1 Å². The highest BCUT2D eigenvalue weighted by atomic mass is 32.2. The third-order valence-electron chi connectivity index (χ3n) is 4.32. The van der Waals surface area contributed by atoms with Gasteiger partial charge in [-0.25, -0.2) is 0 Å². The molecular formula is C20H22N2O3S. The Hall–Kier alpha value is -2.47. The predicted molar refractivity (Wildman–Crippen MR) is 105 cm³/mol. The fourth-order valence-electron chi connectivity index (χ4n) is 2.97. The second-order valence-electron chi connectivity index (χ2n) is 6.08. The molecular weight excluding hydrogens is 348 g/mol. The zero-order valence-corrected chi connectivity index (χ0v) is 15.6. The molecule has 1 heterocycles. The van der Waals surface area contributed by atoms with Crippen LogP contribution in [0.15, 0.2) is 48.5 Å². The van der Waals surface area contributed by atoms with Gasteiger partial charge in [-0.3, -0.25) is 9.59 Å². The second-order valence-corrected chi connectivity index (χ2v) is 7.06. The zero-order chi connectivity index (χ0) is 18.4. The SMILES string of the molecule is COc1ccccc1NC(=O)CSCC(=O)N1CCc2ccccc2C1. The van der Waals surface area contributed by atoms with Gasteiger partial charge in [0.2, 0.25) is 11.8 Å². The number of methoxy groups -OCH3 is 1. The average molecular weight is 370 g/mol. The van der Waals surface area contributed by atoms with Gasteiger partial charge in [-0.1, -0.05) is 36.4 Å². The number of para-hydroxylation sites is 2. The van der Waals surface area contributed by atoms with Crippen molar-refractivity contribution in [1.29, 1.82) is 0 Å². The first-order valence-corrected chi connectivity index (χ1v) is 9.68. The van der Waals surface area contributed by atoms with Crippen LogP contribution in [-0.2, 0) is 22.6 Å². The number of nitrogens with zero attached hydrogens (tertiary/aromatic N) is 1. The fraction of sp³-hybridized carbons (Fsp3) is 0.300. The van der Waals surface area contributed by atoms with Gasteiger partial charge in [0.15, 0.2) is 0 Å². The van der Waals surface area contributed by atoms with Gasteiger partial charge in [0.25, 0.3) is 0 Å². The van der Waals surface area contributed by atoms with E-state index in [1.54, 1.807) is 19.2 Å². The number of thioether (sulfide) groups is 1. The van der Waals surface area contributed by atoms with Crippen LogP contribution >= 0.6 is 11.8 Å². The fourth-order valence-corrected chi connectivity index (χ4v) is 3.68. The summed E-state index contributed by atoms with van der Waals surface area (Å²) in [5, 5.41) is 2.82. The number of carbonyl (C=O) groups excluding carboxylic acids is 2. The number of fused-ring (bicyclic) bond motifs is 1. The maximum Gasteiger partial charge on any atom is 0.234 e. The summed E-state index contributed by atoms with van der Waals surface area (Å²) in [7, 11) is 1.56. The highest BCUT2D eigenvalue weighted by Crippen LogP contribution is 2.23. The molecule has 0 fully saturated rings. The third kappa shape index (κ3) is 4.58. The summed E-state index contributed by atoms with van der Waals surface area (Å²) in [5.41, 5.74) is 3.17. The first-order chi connectivity index (χ1) is 12.7. The molecule has 0 bridgehead atoms. The van der Waals surface area contributed by atoms with Gasteiger partial charge >= 0.3 is 0 Å². The minimum atomic E-state index is -0.142. The van der Waals surface area contributed by atoms with Crippen molar-refractivity contribution in [1.82, 2.24) is 4.90 Å². The maximum absolute atomic E-state index is 12.4. The quantitative estimate of drug-likeness (QED) is 0.849. The van der Waals surface area contributed by atoms with Gasteiger partial charge < -0.3 is 15.0 Å². The maximum atomic E-state index is 12.4. The van der Waals surface area contributed by atoms with Gasteiger partial charge in [0.05, 0.1) is 24.3 Å². The summed E-state index contributed by atoms with van der Waals surface area (Å²) >= 11 is 1.33. The molecule has 0 aliphatic carbocycles. The summed E-state index contributed by atoms with van der Waals surface area (Å²) in [4.78, 5) is 26.4. The minimum Gasteiger partial charge on any atom is -0.495 e. The summed E-state index contributed by atoms with van der Waals surface area (Å²) in [5.74, 6) is 1.09. The molecule has 6 heteroatoms. The second kappa shape index (κ2) is 8.76. The largest absolute Gasteiger partial charge is 0.495 e. The lowest BCUT2D eigenvalue weighted by Gasteiger charge is -2.28. The van der Waals surface area contributed by atoms with Crippen LogP contribution in [0.3, 0.4) is 0 Å². The van der Waals surface area contributed by atoms with E-state index >= 15 is 0 Å². The molecule has 3 rings (SSSR count). The smallest absolute Gasteiger partial charge is 0.234 e. The van der Waals surface area contributed by atoms with Crippen LogP contribution in [-0.4, -0.2) is 41.9 Å². The number of carbonyl (C=O) groups is 2. The molecule has 2 aromatic carbocycles. The van der Waals surface area contributed by atoms with Crippen molar-refractivity contribution < 1.29 is 14.3 Å². The van der Waals surface area contributed by atoms with Crippen molar-refractivity contribution in [3.63, 3.8) is 0 Å². The number of nitrogens with one attached hydrogen (secondary N) is 1. The molecule has 1 aliphatic rings. The molecule has 0 unspecified atom stereocenters. The van der Waals surface area contributed by atoms with Crippen LogP contribution in [0.25, 0.3) is 0 Å². The van der Waals surface area contributed by atoms with E-state index in [1.807, 2.05) is 29.2 Å². The van der Waals surface area contributed by atoms with Gasteiger partial charge in [-0.05, 0) is 29.7 Å². The number of hydrogen-bond donors (Lipinski definition) is 1. The van der Waals surface area contributed by atoms with Crippen molar-refractivity contribution in [2.45, 2.75) is 13.0 Å². The lowest BCUT2D eigenvalue weighted by atomic mass is 10.00. The molecule has 5 nitrogen and oxygen atoms in total. The Bertz CT molecular complexity index is 794. The van der Waals surface area contributed by atoms with Gasteiger partial charge in [0.1, 0.15) is 5.75 Å². The number of anilines is 1. The highest BCUT2D eigenvalue weighted by Gasteiger charge is 2.20. The molecule has 2 aromatic rings. The molecule has 2 amide bonds. The Morgan fingerprint density at radius 3 is 2.62 bits per heavy atom. The molecule has 136 valence electrons. The normalized spacial score (nSPS) is 13.0. The monoisotopic (exact) mass is 370 g/mol. The van der Waals surface area contributed by atoms with E-state index in [-0.39, 0.29) is 17.6 Å². The first kappa shape index (κ1) is 18.3. The molecule has 26 heavy (non-hydrogen) atoms. The van der Waals surface area contributed by atoms with E-state index in [0.29, 0.717) is 23.7 Å². The topological polar surface area (TPSA) is 58.6 Å². The van der Waals surface area contributed by atoms with Crippen LogP contribution in [0.2, 0.25) is 0 Å². The molecule has 0 saturated carbocycles. The summed E-state index contributed by atoms with van der Waals surface area (Å²) in [6, 6.07) is 15.5. The van der Waals surface area contributed by atoms with E-state index in [4.69, 9.17) is 4.74 Å². The summed E-state index contributed by atoms with van der Waals surface area (Å²) in [6.45, 7) is 1.40. The van der Waals surface area contributed by atoms with Crippen molar-refractivity contribution >= 4 is 29.3 Å². The lowest BCUT2D eigenvalue weighted by Crippen LogP contribution is -2.37. The standard InChI is InChI=1S/C20H22N2O3S/c1-25-18-9-5-4-8-17(18)21-19(23)13-26-14-20(24)22-11-10-15-6-2-3-7-16(15)12-22/h2-9H,10-14H2,1H3,(H,21,23). The van der Waals surface area contributed by atoms with Crippen molar-refractivity contribution in [2.24, 2.45) is 0 Å². The molecule has 0 saturated heterocycles. The van der Waals surface area contributed by atoms with Crippen LogP contribution in [0.5, 0.6) is 5.75 Å². The molecule has 0 spiro atoms. The van der Waals surface area contributed by atoms with Gasteiger partial charge in [-0.15, -0.1) is 11.8 Å². The van der Waals surface area contributed by atoms with E-state index in [9.17, 15) is 9.59 Å². The van der Waals surface area contributed by atoms with E-state index in [2.05, 4.69) is 17.4 Å². The van der Waals surface area contributed by atoms with E-state index in [1.165, 1.54) is 22.9 Å². The Balaban J connectivity index is 1.45. The third-order valence-corrected chi connectivity index (χ3v) is 5.24. The van der Waals surface area contributed by atoms with E-state index < -0.39 is 0 Å². The molecule has 0 aromatic heterocycles. The van der Waals surface area contributed by atoms with Crippen molar-refractivity contribution in [2.75, 3.05) is 30.5 Å². The number of benzene rings is 2. The number of hydrogen-bond acceptors (Lipinski definition) is 4. The molecule has 1 aliphatic heterocycles. The molecule has 0 atom stereocenters. The van der Waals surface area contributed by atoms with Crippen molar-refractivity contribution in [3.05, 3.63) is 59.7 Å². The Labute approximate surface area is 157 Å². The van der Waals surface area contributed by atoms with E-state index in [0.717, 1.165) is 13.0 Å². The average Bonchev–Trinajstić information content (AvgIpc) is 2.68. The van der Waals surface area contributed by atoms with Gasteiger partial charge in [0, 0.05) is 13.1 Å². The van der Waals surface area contributed by atoms with Crippen LogP contribution in [0.4, 0.5) is 5.69 Å². The Morgan fingerprint density at radius 1 is 1.08 bits per heavy atom. The van der Waals surface area contributed by atoms with Gasteiger partial charge in [-0.2, -0.15) is 0 Å². The number of ether oxygens (including phenoxy) is 1. The zero-order valence-electron chi connectivity index (χ0n) is 14.7. The van der Waals surface area contributed by atoms with Crippen LogP contribution in [0, 0.1) is 0 Å². The summed E-state index contributed by atoms with van der Waals surface area (Å²) < 4.78 is 5.21. The highest BCUT2D eigenvalue weighted by molar-refractivity contribution is 8.00. The molecule has 1 N–H and O–H groups in total. The number of rotatable bonds is 6. The lowest BCUT2D eigenvalue weighted by molar-refractivity contribution is -0.129. The minimum absolute atomic E-state index is 0.0783. The predicted octanol–water partition coefficient (Wildman–Crippen LogP) is 2.95. The van der Waals surface area contributed by atoms with Crippen LogP contribution in [0.1, 0.15) is 11.1 Å². The first-order valence-electron chi connectivity index (χ1n) is 8.52. The number of amides is 2. The molecule has 0 radical (unpaired) electrons. The Morgan fingerprint density at radius 2 is 1.81 bits per heavy atom.